The van der Waals surface area contributed by atoms with Crippen molar-refractivity contribution in [2.75, 3.05) is 76.1 Å². The van der Waals surface area contributed by atoms with Crippen LogP contribution in [0.1, 0.15) is 13.3 Å². The Balaban J connectivity index is 1.81. The minimum atomic E-state index is 0.680. The maximum Gasteiger partial charge on any atom is 0.229 e. The van der Waals surface area contributed by atoms with Gasteiger partial charge in [-0.1, -0.05) is 28.6 Å². The van der Waals surface area contributed by atoms with Crippen LogP contribution in [0.3, 0.4) is 0 Å². The molecule has 0 aromatic carbocycles. The highest BCUT2D eigenvalue weighted by Crippen LogP contribution is 2.24. The summed E-state index contributed by atoms with van der Waals surface area (Å²) in [7, 11) is 7.76. The Morgan fingerprint density at radius 1 is 1.18 bits per heavy atom. The molecular weight excluding hydrogens is 494 g/mol. The van der Waals surface area contributed by atoms with E-state index in [4.69, 9.17) is 14.7 Å². The predicted octanol–water partition coefficient (Wildman–Crippen LogP) is 4.15. The molecule has 3 rings (SSSR count). The van der Waals surface area contributed by atoms with Gasteiger partial charge < -0.3 is 29.7 Å². The van der Waals surface area contributed by atoms with Crippen LogP contribution in [0.4, 0.5) is 17.6 Å². The molecule has 0 atom stereocenters. The van der Waals surface area contributed by atoms with E-state index < -0.39 is 0 Å². The molecule has 34 heavy (non-hydrogen) atoms. The molecule has 1 saturated heterocycles. The maximum atomic E-state index is 5.33. The van der Waals surface area contributed by atoms with Crippen molar-refractivity contribution in [3.63, 3.8) is 0 Å². The van der Waals surface area contributed by atoms with Crippen LogP contribution in [0, 0.1) is 0 Å². The zero-order valence-electron chi connectivity index (χ0n) is 20.9. The van der Waals surface area contributed by atoms with Gasteiger partial charge in [0.25, 0.3) is 0 Å². The summed E-state index contributed by atoms with van der Waals surface area (Å²) < 4.78 is 6.53. The lowest BCUT2D eigenvalue weighted by atomic mass is 10.3. The van der Waals surface area contributed by atoms with Crippen LogP contribution in [0.5, 0.6) is 0 Å². The highest BCUT2D eigenvalue weighted by Gasteiger charge is 2.22. The summed E-state index contributed by atoms with van der Waals surface area (Å²) >= 11 is 3.61. The summed E-state index contributed by atoms with van der Waals surface area (Å²) in [6.07, 6.45) is 10.9. The van der Waals surface area contributed by atoms with E-state index >= 15 is 0 Å². The molecule has 0 unspecified atom stereocenters. The molecule has 1 aromatic heterocycles. The Bertz CT molecular complexity index is 999. The van der Waals surface area contributed by atoms with Crippen LogP contribution in [0.15, 0.2) is 64.8 Å². The minimum absolute atomic E-state index is 0.680. The average Bonchev–Trinajstić information content (AvgIpc) is 3.07. The molecule has 3 heterocycles. The number of rotatable bonds is 8. The summed E-state index contributed by atoms with van der Waals surface area (Å²) in [5, 5.41) is 3.40. The van der Waals surface area contributed by atoms with E-state index in [9.17, 15) is 0 Å². The van der Waals surface area contributed by atoms with E-state index in [0.29, 0.717) is 5.76 Å². The lowest BCUT2D eigenvalue weighted by molar-refractivity contribution is 0.254. The number of anilines is 3. The number of hydrogen-bond acceptors (Lipinski definition) is 8. The molecule has 9 heteroatoms. The summed E-state index contributed by atoms with van der Waals surface area (Å²) in [5.74, 6) is 4.27. The van der Waals surface area contributed by atoms with E-state index in [-0.39, 0.29) is 0 Å². The van der Waals surface area contributed by atoms with Crippen molar-refractivity contribution in [2.45, 2.75) is 13.3 Å². The molecule has 0 radical (unpaired) electrons. The molecule has 0 saturated carbocycles. The summed E-state index contributed by atoms with van der Waals surface area (Å²) in [5.41, 5.74) is 0.875. The first-order chi connectivity index (χ1) is 16.3. The van der Waals surface area contributed by atoms with Crippen molar-refractivity contribution in [1.82, 2.24) is 19.8 Å². The molecule has 0 bridgehead atoms. The van der Waals surface area contributed by atoms with Crippen molar-refractivity contribution in [3.05, 3.63) is 64.8 Å². The van der Waals surface area contributed by atoms with Crippen molar-refractivity contribution in [3.8, 4) is 0 Å². The standard InChI is InChI=1S/C25H36BrN7O/c1-7-20(16-21(8-2)34-6)27-22-17-23(30(3)4)29-25(28-22)33-13-9-12-32(14-15-33)24-11-10-19(26)18-31(24)5/h7-8,10-11,16-17H,2,9,12-15,18H2,1,3-6H3,(H,27,28,29)/b20-7+,21-16+. The van der Waals surface area contributed by atoms with Gasteiger partial charge in [0.2, 0.25) is 5.95 Å². The van der Waals surface area contributed by atoms with Crippen molar-refractivity contribution in [2.24, 2.45) is 0 Å². The Kier molecular flexibility index (Phi) is 9.04. The second-order valence-electron chi connectivity index (χ2n) is 8.45. The van der Waals surface area contributed by atoms with Gasteiger partial charge in [-0.05, 0) is 31.6 Å². The van der Waals surface area contributed by atoms with Crippen LogP contribution in [0.25, 0.3) is 0 Å². The van der Waals surface area contributed by atoms with Gasteiger partial charge in [0.05, 0.1) is 13.7 Å². The third-order valence-corrected chi connectivity index (χ3v) is 6.29. The molecule has 0 amide bonds. The van der Waals surface area contributed by atoms with Gasteiger partial charge in [-0.3, -0.25) is 0 Å². The quantitative estimate of drug-likeness (QED) is 0.398. The first-order valence-electron chi connectivity index (χ1n) is 11.5. The fraction of sp³-hybridized carbons (Fsp3) is 0.440. The van der Waals surface area contributed by atoms with Crippen LogP contribution < -0.4 is 15.1 Å². The zero-order chi connectivity index (χ0) is 24.7. The van der Waals surface area contributed by atoms with E-state index in [1.165, 1.54) is 10.3 Å². The van der Waals surface area contributed by atoms with Gasteiger partial charge in [0, 0.05) is 69.6 Å². The molecule has 1 N–H and O–H groups in total. The number of methoxy groups -OCH3 is 1. The van der Waals surface area contributed by atoms with Crippen LogP contribution >= 0.6 is 15.9 Å². The molecular formula is C25H36BrN7O. The molecule has 2 aliphatic heterocycles. The number of aromatic nitrogens is 2. The molecule has 0 aliphatic carbocycles. The first kappa shape index (κ1) is 25.7. The fourth-order valence-corrected chi connectivity index (χ4v) is 4.40. The van der Waals surface area contributed by atoms with Gasteiger partial charge in [-0.25, -0.2) is 0 Å². The van der Waals surface area contributed by atoms with Crippen molar-refractivity contribution in [1.29, 1.82) is 0 Å². The summed E-state index contributed by atoms with van der Waals surface area (Å²) in [6, 6.07) is 1.96. The first-order valence-corrected chi connectivity index (χ1v) is 12.3. The second-order valence-corrected chi connectivity index (χ2v) is 9.47. The Morgan fingerprint density at radius 3 is 2.56 bits per heavy atom. The SMILES string of the molecule is C=C/C(=C\C(=C/C)Nc1cc(N(C)C)nc(N2CCCN(C3=CC=C(Br)CN3C)CC2)n1)OC. The van der Waals surface area contributed by atoms with E-state index in [1.54, 1.807) is 13.2 Å². The maximum absolute atomic E-state index is 5.33. The fourth-order valence-electron chi connectivity index (χ4n) is 3.90. The number of likely N-dealkylation sites (N-methyl/N-ethyl adjacent to an activating group) is 1. The lowest BCUT2D eigenvalue weighted by Gasteiger charge is -2.34. The van der Waals surface area contributed by atoms with Crippen molar-refractivity contribution < 1.29 is 4.74 Å². The monoisotopic (exact) mass is 529 g/mol. The number of nitrogens with one attached hydrogen (secondary N) is 1. The third kappa shape index (κ3) is 6.56. The van der Waals surface area contributed by atoms with E-state index in [2.05, 4.69) is 61.7 Å². The highest BCUT2D eigenvalue weighted by molar-refractivity contribution is 9.11. The number of ether oxygens (including phenoxy) is 1. The smallest absolute Gasteiger partial charge is 0.229 e. The largest absolute Gasteiger partial charge is 0.497 e. The normalized spacial score (nSPS) is 17.6. The molecule has 184 valence electrons. The number of hydrogen-bond donors (Lipinski definition) is 1. The van der Waals surface area contributed by atoms with Gasteiger partial charge in [-0.15, -0.1) is 0 Å². The van der Waals surface area contributed by atoms with Gasteiger partial charge in [-0.2, -0.15) is 9.97 Å². The Morgan fingerprint density at radius 2 is 1.91 bits per heavy atom. The summed E-state index contributed by atoms with van der Waals surface area (Å²) in [4.78, 5) is 18.7. The Labute approximate surface area is 212 Å². The molecule has 1 fully saturated rings. The molecule has 1 aromatic rings. The Hall–Kier alpha value is -2.94. The van der Waals surface area contributed by atoms with E-state index in [0.717, 1.165) is 62.4 Å². The topological polar surface area (TPSA) is 60.0 Å². The number of halogens is 1. The molecule has 8 nitrogen and oxygen atoms in total. The average molecular weight is 531 g/mol. The predicted molar refractivity (Wildman–Crippen MR) is 145 cm³/mol. The van der Waals surface area contributed by atoms with Crippen LogP contribution in [0.2, 0.25) is 0 Å². The second kappa shape index (κ2) is 12.0. The van der Waals surface area contributed by atoms with Gasteiger partial charge >= 0.3 is 0 Å². The third-order valence-electron chi connectivity index (χ3n) is 5.77. The van der Waals surface area contributed by atoms with Gasteiger partial charge in [0.15, 0.2) is 0 Å². The van der Waals surface area contributed by atoms with Gasteiger partial charge in [0.1, 0.15) is 23.2 Å². The van der Waals surface area contributed by atoms with Crippen molar-refractivity contribution >= 4 is 33.5 Å². The highest BCUT2D eigenvalue weighted by atomic mass is 79.9. The molecule has 0 spiro atoms. The number of allylic oxidation sites excluding steroid dienone is 5. The minimum Gasteiger partial charge on any atom is -0.497 e. The lowest BCUT2D eigenvalue weighted by Crippen LogP contribution is -2.38. The summed E-state index contributed by atoms with van der Waals surface area (Å²) in [6.45, 7) is 10.3. The zero-order valence-corrected chi connectivity index (χ0v) is 22.5. The molecule has 2 aliphatic rings. The van der Waals surface area contributed by atoms with E-state index in [1.807, 2.05) is 44.1 Å². The number of nitrogens with zero attached hydrogens (tertiary/aromatic N) is 6. The van der Waals surface area contributed by atoms with Crippen LogP contribution in [-0.2, 0) is 4.74 Å². The van der Waals surface area contributed by atoms with Crippen LogP contribution in [-0.4, -0.2) is 80.7 Å².